The number of hydrogen-bond donors (Lipinski definition) is 4. The van der Waals surface area contributed by atoms with Crippen LogP contribution in [0.1, 0.15) is 6.42 Å². The molecule has 1 aromatic rings. The van der Waals surface area contributed by atoms with Gasteiger partial charge in [-0.1, -0.05) is 0 Å². The van der Waals surface area contributed by atoms with Crippen molar-refractivity contribution in [2.24, 2.45) is 5.73 Å². The first kappa shape index (κ1) is 13.5. The summed E-state index contributed by atoms with van der Waals surface area (Å²) in [5.74, 6) is -1.54. The molecule has 9 heteroatoms. The minimum Gasteiger partial charge on any atom is -0.480 e. The van der Waals surface area contributed by atoms with Gasteiger partial charge in [-0.15, -0.1) is 0 Å². The van der Waals surface area contributed by atoms with Gasteiger partial charge in [-0.2, -0.15) is 5.10 Å². The van der Waals surface area contributed by atoms with E-state index in [1.54, 1.807) is 0 Å². The molecule has 1 aromatic heterocycles. The minimum absolute atomic E-state index is 0.0473. The Balaban J connectivity index is 2.37. The van der Waals surface area contributed by atoms with Crippen LogP contribution in [-0.2, 0) is 16.1 Å². The molecule has 1 heterocycles. The van der Waals surface area contributed by atoms with Gasteiger partial charge < -0.3 is 21.5 Å². The summed E-state index contributed by atoms with van der Waals surface area (Å²) in [4.78, 5) is 32.1. The Morgan fingerprint density at radius 1 is 1.44 bits per heavy atom. The molecule has 0 spiro atoms. The lowest BCUT2D eigenvalue weighted by Crippen LogP contribution is -2.31. The van der Waals surface area contributed by atoms with E-state index in [-0.39, 0.29) is 19.5 Å². The number of nitrogens with one attached hydrogen (secondary N) is 2. The van der Waals surface area contributed by atoms with Gasteiger partial charge in [0.1, 0.15) is 6.54 Å². The van der Waals surface area contributed by atoms with Crippen molar-refractivity contribution >= 4 is 23.6 Å². The third kappa shape index (κ3) is 4.96. The first-order valence-corrected chi connectivity index (χ1v) is 5.05. The Bertz CT molecular complexity index is 456. The fraction of sp³-hybridized carbons (Fsp3) is 0.333. The van der Waals surface area contributed by atoms with Crippen LogP contribution < -0.4 is 16.4 Å². The lowest BCUT2D eigenvalue weighted by atomic mass is 10.4. The van der Waals surface area contributed by atoms with Crippen LogP contribution in [0.5, 0.6) is 0 Å². The number of anilines is 1. The number of carbonyl (C=O) groups excluding carboxylic acids is 2. The highest BCUT2D eigenvalue weighted by Crippen LogP contribution is 2.04. The Labute approximate surface area is 102 Å². The van der Waals surface area contributed by atoms with Crippen molar-refractivity contribution in [2.45, 2.75) is 13.0 Å². The van der Waals surface area contributed by atoms with E-state index in [1.165, 1.54) is 17.1 Å². The van der Waals surface area contributed by atoms with Gasteiger partial charge in [0.2, 0.25) is 5.91 Å². The van der Waals surface area contributed by atoms with Gasteiger partial charge in [-0.25, -0.2) is 4.79 Å². The van der Waals surface area contributed by atoms with Crippen LogP contribution in [0.4, 0.5) is 10.5 Å². The second kappa shape index (κ2) is 6.23. The van der Waals surface area contributed by atoms with Crippen molar-refractivity contribution in [3.05, 3.63) is 12.4 Å². The van der Waals surface area contributed by atoms with Crippen molar-refractivity contribution in [1.82, 2.24) is 15.1 Å². The summed E-state index contributed by atoms with van der Waals surface area (Å²) in [6.07, 6.45) is 2.74. The van der Waals surface area contributed by atoms with Crippen molar-refractivity contribution in [3.63, 3.8) is 0 Å². The van der Waals surface area contributed by atoms with Crippen LogP contribution in [0, 0.1) is 0 Å². The zero-order valence-corrected chi connectivity index (χ0v) is 9.42. The number of nitrogens with zero attached hydrogens (tertiary/aromatic N) is 2. The largest absolute Gasteiger partial charge is 0.480 e. The number of primary amides is 1. The predicted molar refractivity (Wildman–Crippen MR) is 60.7 cm³/mol. The number of carboxylic acids is 1. The average Bonchev–Trinajstić information content (AvgIpc) is 2.63. The fourth-order valence-electron chi connectivity index (χ4n) is 1.13. The Kier molecular flexibility index (Phi) is 4.67. The highest BCUT2D eigenvalue weighted by atomic mass is 16.4. The molecule has 9 nitrogen and oxygen atoms in total. The molecule has 0 fully saturated rings. The number of carboxylic acid groups (broad SMARTS) is 1. The molecule has 0 atom stereocenters. The maximum absolute atomic E-state index is 11.3. The number of hydrogen-bond acceptors (Lipinski definition) is 4. The second-order valence-electron chi connectivity index (χ2n) is 3.42. The highest BCUT2D eigenvalue weighted by molar-refractivity contribution is 5.89. The van der Waals surface area contributed by atoms with Gasteiger partial charge in [0, 0.05) is 19.2 Å². The van der Waals surface area contributed by atoms with Crippen LogP contribution in [0.2, 0.25) is 0 Å². The van der Waals surface area contributed by atoms with E-state index in [4.69, 9.17) is 10.8 Å². The lowest BCUT2D eigenvalue weighted by molar-refractivity contribution is -0.137. The van der Waals surface area contributed by atoms with E-state index in [0.717, 1.165) is 0 Å². The van der Waals surface area contributed by atoms with E-state index in [2.05, 4.69) is 15.7 Å². The van der Waals surface area contributed by atoms with Gasteiger partial charge in [-0.05, 0) is 0 Å². The lowest BCUT2D eigenvalue weighted by Gasteiger charge is -2.03. The molecule has 5 N–H and O–H groups in total. The average molecular weight is 255 g/mol. The SMILES string of the molecule is NC(=O)CCNC(=O)Nc1cnn(CC(=O)O)c1. The third-order valence-electron chi connectivity index (χ3n) is 1.85. The normalized spacial score (nSPS) is 9.78. The number of amides is 3. The summed E-state index contributed by atoms with van der Waals surface area (Å²) in [5.41, 5.74) is 5.26. The zero-order chi connectivity index (χ0) is 13.5. The van der Waals surface area contributed by atoms with Crippen LogP contribution in [-0.4, -0.2) is 39.3 Å². The Morgan fingerprint density at radius 3 is 2.78 bits per heavy atom. The van der Waals surface area contributed by atoms with E-state index < -0.39 is 17.9 Å². The van der Waals surface area contributed by atoms with Crippen LogP contribution in [0.25, 0.3) is 0 Å². The Morgan fingerprint density at radius 2 is 2.17 bits per heavy atom. The van der Waals surface area contributed by atoms with Crippen LogP contribution in [0.3, 0.4) is 0 Å². The number of aromatic nitrogens is 2. The monoisotopic (exact) mass is 255 g/mol. The quantitative estimate of drug-likeness (QED) is 0.514. The summed E-state index contributed by atoms with van der Waals surface area (Å²) in [6.45, 7) is -0.157. The highest BCUT2D eigenvalue weighted by Gasteiger charge is 2.06. The standard InChI is InChI=1S/C9H13N5O4/c10-7(15)1-2-11-9(18)13-6-3-12-14(4-6)5-8(16)17/h3-4H,1-2,5H2,(H2,10,15)(H,16,17)(H2,11,13,18). The molecule has 0 radical (unpaired) electrons. The van der Waals surface area contributed by atoms with E-state index >= 15 is 0 Å². The second-order valence-corrected chi connectivity index (χ2v) is 3.42. The van der Waals surface area contributed by atoms with Crippen molar-refractivity contribution in [3.8, 4) is 0 Å². The van der Waals surface area contributed by atoms with Gasteiger partial charge in [-0.3, -0.25) is 14.3 Å². The van der Waals surface area contributed by atoms with Gasteiger partial charge in [0.15, 0.2) is 0 Å². The van der Waals surface area contributed by atoms with Gasteiger partial charge >= 0.3 is 12.0 Å². The molecule has 1 rings (SSSR count). The summed E-state index contributed by atoms with van der Waals surface area (Å²) in [7, 11) is 0. The smallest absolute Gasteiger partial charge is 0.325 e. The van der Waals surface area contributed by atoms with Crippen molar-refractivity contribution < 1.29 is 19.5 Å². The molecule has 0 aliphatic rings. The molecule has 0 saturated carbocycles. The maximum atomic E-state index is 11.3. The molecule has 0 saturated heterocycles. The van der Waals surface area contributed by atoms with Crippen molar-refractivity contribution in [2.75, 3.05) is 11.9 Å². The zero-order valence-electron chi connectivity index (χ0n) is 9.42. The third-order valence-corrected chi connectivity index (χ3v) is 1.85. The van der Waals surface area contributed by atoms with Crippen molar-refractivity contribution in [1.29, 1.82) is 0 Å². The fourth-order valence-corrected chi connectivity index (χ4v) is 1.13. The van der Waals surface area contributed by atoms with E-state index in [0.29, 0.717) is 5.69 Å². The molecule has 0 aliphatic carbocycles. The van der Waals surface area contributed by atoms with E-state index in [9.17, 15) is 14.4 Å². The molecule has 98 valence electrons. The molecule has 18 heavy (non-hydrogen) atoms. The predicted octanol–water partition coefficient (Wildman–Crippen LogP) is -1.04. The maximum Gasteiger partial charge on any atom is 0.325 e. The number of carbonyl (C=O) groups is 3. The molecule has 0 aromatic carbocycles. The molecule has 0 unspecified atom stereocenters. The topological polar surface area (TPSA) is 139 Å². The summed E-state index contributed by atoms with van der Waals surface area (Å²) in [5, 5.41) is 17.1. The number of rotatable bonds is 6. The summed E-state index contributed by atoms with van der Waals surface area (Å²) >= 11 is 0. The Hall–Kier alpha value is -2.58. The van der Waals surface area contributed by atoms with Crippen LogP contribution in [0.15, 0.2) is 12.4 Å². The minimum atomic E-state index is -1.03. The first-order chi connectivity index (χ1) is 8.47. The number of urea groups is 1. The summed E-state index contributed by atoms with van der Waals surface area (Å²) in [6, 6.07) is -0.522. The van der Waals surface area contributed by atoms with Crippen LogP contribution >= 0.6 is 0 Å². The molecular weight excluding hydrogens is 242 g/mol. The molecule has 0 aliphatic heterocycles. The number of nitrogens with two attached hydrogens (primary N) is 1. The summed E-state index contributed by atoms with van der Waals surface area (Å²) < 4.78 is 1.17. The van der Waals surface area contributed by atoms with Gasteiger partial charge in [0.25, 0.3) is 0 Å². The van der Waals surface area contributed by atoms with E-state index in [1.807, 2.05) is 0 Å². The first-order valence-electron chi connectivity index (χ1n) is 5.05. The number of aliphatic carboxylic acids is 1. The molecular formula is C9H13N5O4. The molecule has 0 bridgehead atoms. The molecule has 3 amide bonds. The van der Waals surface area contributed by atoms with Gasteiger partial charge in [0.05, 0.1) is 11.9 Å².